The number of nitrogens with zero attached hydrogens (tertiary/aromatic N) is 2. The number of para-hydroxylation sites is 1. The Bertz CT molecular complexity index is 617. The minimum Gasteiger partial charge on any atom is -0.488 e. The smallest absolute Gasteiger partial charge is 0.280 e. The van der Waals surface area contributed by atoms with Crippen LogP contribution in [0.4, 0.5) is 0 Å². The van der Waals surface area contributed by atoms with Gasteiger partial charge in [0.15, 0.2) is 0 Å². The van der Waals surface area contributed by atoms with E-state index in [1.807, 2.05) is 19.9 Å². The molecule has 21 heavy (non-hydrogen) atoms. The second-order valence-electron chi connectivity index (χ2n) is 4.57. The van der Waals surface area contributed by atoms with Gasteiger partial charge in [-0.25, -0.2) is 5.06 Å². The van der Waals surface area contributed by atoms with E-state index in [1.54, 1.807) is 25.2 Å². The highest BCUT2D eigenvalue weighted by Gasteiger charge is 2.17. The largest absolute Gasteiger partial charge is 0.488 e. The lowest BCUT2D eigenvalue weighted by molar-refractivity contribution is -0.0758. The van der Waals surface area contributed by atoms with Gasteiger partial charge in [-0.15, -0.1) is 0 Å². The first kappa shape index (κ1) is 15.1. The van der Waals surface area contributed by atoms with E-state index in [9.17, 15) is 4.79 Å². The average molecular weight is 290 g/mol. The Morgan fingerprint density at radius 1 is 1.33 bits per heavy atom. The molecule has 112 valence electrons. The summed E-state index contributed by atoms with van der Waals surface area (Å²) in [6.45, 7) is 3.97. The van der Waals surface area contributed by atoms with Crippen molar-refractivity contribution in [2.45, 2.75) is 20.5 Å². The molecule has 1 amide bonds. The Labute approximate surface area is 123 Å². The summed E-state index contributed by atoms with van der Waals surface area (Å²) in [5.74, 6) is 0.934. The van der Waals surface area contributed by atoms with E-state index in [0.29, 0.717) is 23.7 Å². The van der Waals surface area contributed by atoms with Gasteiger partial charge in [0, 0.05) is 7.05 Å². The number of carbonyl (C=O) groups is 1. The molecule has 0 N–H and O–H groups in total. The fourth-order valence-corrected chi connectivity index (χ4v) is 1.88. The van der Waals surface area contributed by atoms with Crippen molar-refractivity contribution in [2.24, 2.45) is 0 Å². The van der Waals surface area contributed by atoms with Crippen LogP contribution in [-0.4, -0.2) is 30.3 Å². The molecule has 2 aromatic rings. The van der Waals surface area contributed by atoms with Gasteiger partial charge in [0.2, 0.25) is 0 Å². The molecule has 0 saturated heterocycles. The Morgan fingerprint density at radius 2 is 2.05 bits per heavy atom. The molecule has 2 rings (SSSR count). The SMILES string of the molecule is CON(C)C(=O)c1ccccc1OCc1c(C)noc1C. The Morgan fingerprint density at radius 3 is 2.67 bits per heavy atom. The summed E-state index contributed by atoms with van der Waals surface area (Å²) in [7, 11) is 2.98. The van der Waals surface area contributed by atoms with Crippen LogP contribution in [0.15, 0.2) is 28.8 Å². The Balaban J connectivity index is 2.19. The zero-order chi connectivity index (χ0) is 15.4. The summed E-state index contributed by atoms with van der Waals surface area (Å²) >= 11 is 0. The van der Waals surface area contributed by atoms with Crippen molar-refractivity contribution in [3.63, 3.8) is 0 Å². The third-order valence-corrected chi connectivity index (χ3v) is 3.23. The first-order valence-corrected chi connectivity index (χ1v) is 6.50. The van der Waals surface area contributed by atoms with Crippen molar-refractivity contribution in [3.05, 3.63) is 46.8 Å². The Kier molecular flexibility index (Phi) is 4.59. The lowest BCUT2D eigenvalue weighted by atomic mass is 10.2. The van der Waals surface area contributed by atoms with Crippen LogP contribution in [0.2, 0.25) is 0 Å². The first-order chi connectivity index (χ1) is 10.0. The van der Waals surface area contributed by atoms with Crippen molar-refractivity contribution in [1.29, 1.82) is 0 Å². The molecule has 1 aromatic heterocycles. The van der Waals surface area contributed by atoms with Gasteiger partial charge in [-0.2, -0.15) is 0 Å². The summed E-state index contributed by atoms with van der Waals surface area (Å²) in [5.41, 5.74) is 2.11. The third-order valence-electron chi connectivity index (χ3n) is 3.23. The quantitative estimate of drug-likeness (QED) is 0.792. The van der Waals surface area contributed by atoms with Crippen LogP contribution < -0.4 is 4.74 Å². The number of hydrogen-bond donors (Lipinski definition) is 0. The molecular weight excluding hydrogens is 272 g/mol. The van der Waals surface area contributed by atoms with Gasteiger partial charge in [0.05, 0.1) is 23.9 Å². The molecule has 0 aliphatic heterocycles. The highest BCUT2D eigenvalue weighted by Crippen LogP contribution is 2.22. The predicted octanol–water partition coefficient (Wildman–Crippen LogP) is 2.50. The van der Waals surface area contributed by atoms with Crippen LogP contribution in [0.1, 0.15) is 27.4 Å². The second-order valence-corrected chi connectivity index (χ2v) is 4.57. The molecule has 0 fully saturated rings. The van der Waals surface area contributed by atoms with Gasteiger partial charge in [-0.3, -0.25) is 9.63 Å². The van der Waals surface area contributed by atoms with E-state index in [2.05, 4.69) is 5.16 Å². The van der Waals surface area contributed by atoms with Crippen molar-refractivity contribution in [1.82, 2.24) is 10.2 Å². The fourth-order valence-electron chi connectivity index (χ4n) is 1.88. The lowest BCUT2D eigenvalue weighted by Gasteiger charge is -2.16. The topological polar surface area (TPSA) is 64.8 Å². The zero-order valence-electron chi connectivity index (χ0n) is 12.5. The number of rotatable bonds is 5. The van der Waals surface area contributed by atoms with E-state index in [0.717, 1.165) is 16.3 Å². The minimum atomic E-state index is -0.271. The molecule has 6 nitrogen and oxygen atoms in total. The minimum absolute atomic E-state index is 0.271. The van der Waals surface area contributed by atoms with E-state index < -0.39 is 0 Å². The molecule has 0 spiro atoms. The van der Waals surface area contributed by atoms with Crippen molar-refractivity contribution >= 4 is 5.91 Å². The van der Waals surface area contributed by atoms with Gasteiger partial charge in [0.25, 0.3) is 5.91 Å². The number of aryl methyl sites for hydroxylation is 2. The molecule has 1 heterocycles. The summed E-state index contributed by atoms with van der Waals surface area (Å²) in [4.78, 5) is 17.1. The van der Waals surface area contributed by atoms with Gasteiger partial charge < -0.3 is 9.26 Å². The van der Waals surface area contributed by atoms with Crippen molar-refractivity contribution in [3.8, 4) is 5.75 Å². The number of ether oxygens (including phenoxy) is 1. The van der Waals surface area contributed by atoms with Crippen LogP contribution in [0.5, 0.6) is 5.75 Å². The summed E-state index contributed by atoms with van der Waals surface area (Å²) in [5, 5.41) is 5.03. The maximum Gasteiger partial charge on any atom is 0.280 e. The summed E-state index contributed by atoms with van der Waals surface area (Å²) in [6.07, 6.45) is 0. The normalized spacial score (nSPS) is 10.5. The molecule has 0 atom stereocenters. The van der Waals surface area contributed by atoms with Crippen LogP contribution >= 0.6 is 0 Å². The summed E-state index contributed by atoms with van der Waals surface area (Å²) in [6, 6.07) is 7.03. The van der Waals surface area contributed by atoms with E-state index in [-0.39, 0.29) is 5.91 Å². The molecule has 0 radical (unpaired) electrons. The maximum absolute atomic E-state index is 12.2. The van der Waals surface area contributed by atoms with E-state index in [1.165, 1.54) is 7.11 Å². The van der Waals surface area contributed by atoms with E-state index in [4.69, 9.17) is 14.1 Å². The molecule has 0 bridgehead atoms. The maximum atomic E-state index is 12.2. The fraction of sp³-hybridized carbons (Fsp3) is 0.333. The lowest BCUT2D eigenvalue weighted by Crippen LogP contribution is -2.25. The molecule has 0 aliphatic rings. The van der Waals surface area contributed by atoms with Crippen molar-refractivity contribution < 1.29 is 18.9 Å². The van der Waals surface area contributed by atoms with Gasteiger partial charge in [-0.1, -0.05) is 17.3 Å². The van der Waals surface area contributed by atoms with Crippen LogP contribution in [0.25, 0.3) is 0 Å². The van der Waals surface area contributed by atoms with Gasteiger partial charge >= 0.3 is 0 Å². The molecule has 1 aromatic carbocycles. The molecule has 6 heteroatoms. The number of hydrogen-bond acceptors (Lipinski definition) is 5. The first-order valence-electron chi connectivity index (χ1n) is 6.50. The summed E-state index contributed by atoms with van der Waals surface area (Å²) < 4.78 is 10.8. The predicted molar refractivity (Wildman–Crippen MR) is 75.9 cm³/mol. The number of amides is 1. The monoisotopic (exact) mass is 290 g/mol. The molecular formula is C15H18N2O4. The van der Waals surface area contributed by atoms with Crippen LogP contribution in [0, 0.1) is 13.8 Å². The highest BCUT2D eigenvalue weighted by atomic mass is 16.7. The number of benzene rings is 1. The number of hydroxylamine groups is 2. The third kappa shape index (κ3) is 3.22. The second kappa shape index (κ2) is 6.41. The zero-order valence-corrected chi connectivity index (χ0v) is 12.5. The van der Waals surface area contributed by atoms with Crippen LogP contribution in [-0.2, 0) is 11.4 Å². The molecule has 0 saturated carbocycles. The Hall–Kier alpha value is -2.34. The highest BCUT2D eigenvalue weighted by molar-refractivity contribution is 5.96. The number of carbonyl (C=O) groups excluding carboxylic acids is 1. The van der Waals surface area contributed by atoms with Gasteiger partial charge in [-0.05, 0) is 26.0 Å². The standard InChI is InChI=1S/C15H18N2O4/c1-10-13(11(2)21-16-10)9-20-14-8-6-5-7-12(14)15(18)17(3)19-4/h5-8H,9H2,1-4H3. The van der Waals surface area contributed by atoms with E-state index >= 15 is 0 Å². The van der Waals surface area contributed by atoms with Crippen LogP contribution in [0.3, 0.4) is 0 Å². The van der Waals surface area contributed by atoms with Crippen molar-refractivity contribution in [2.75, 3.05) is 14.2 Å². The number of aromatic nitrogens is 1. The molecule has 0 aliphatic carbocycles. The molecule has 0 unspecified atom stereocenters. The van der Waals surface area contributed by atoms with Gasteiger partial charge in [0.1, 0.15) is 18.1 Å². The average Bonchev–Trinajstić information content (AvgIpc) is 2.82.